The Morgan fingerprint density at radius 2 is 1.70 bits per heavy atom. The second kappa shape index (κ2) is 11.1. The van der Waals surface area contributed by atoms with Crippen molar-refractivity contribution in [1.29, 1.82) is 0 Å². The molecule has 0 N–H and O–H groups in total. The third kappa shape index (κ3) is 6.74. The Morgan fingerprint density at radius 1 is 1.10 bits per heavy atom. The van der Waals surface area contributed by atoms with Gasteiger partial charge in [0.2, 0.25) is 0 Å². The Kier molecular flexibility index (Phi) is 10.8. The van der Waals surface area contributed by atoms with Gasteiger partial charge in [-0.25, -0.2) is 0 Å². The molecule has 120 valence electrons. The highest BCUT2D eigenvalue weighted by atomic mass is 28.4. The summed E-state index contributed by atoms with van der Waals surface area (Å²) in [5.74, 6) is 0.939. The van der Waals surface area contributed by atoms with Crippen LogP contribution in [0.4, 0.5) is 0 Å². The van der Waals surface area contributed by atoms with Crippen LogP contribution in [-0.4, -0.2) is 37.0 Å². The molecule has 0 heterocycles. The first-order valence-electron chi connectivity index (χ1n) is 7.24. The standard InChI is InChI=1S/C14H30O5Si/c1-7-10-11-13(8-2)12-18-14(9-3)19-20(15-4,16-5)17-6/h9,13H,7-8,10-12H2,1-6H3. The molecule has 0 aromatic carbocycles. The molecule has 0 aromatic heterocycles. The molecular weight excluding hydrogens is 276 g/mol. The third-order valence-corrected chi connectivity index (χ3v) is 5.17. The zero-order chi connectivity index (χ0) is 15.4. The molecule has 0 fully saturated rings. The number of allylic oxidation sites excluding steroid dienone is 1. The van der Waals surface area contributed by atoms with Gasteiger partial charge in [0.05, 0.1) is 6.61 Å². The molecule has 0 rings (SSSR count). The molecule has 0 aliphatic heterocycles. The predicted octanol–water partition coefficient (Wildman–Crippen LogP) is 3.47. The lowest BCUT2D eigenvalue weighted by atomic mass is 10.0. The highest BCUT2D eigenvalue weighted by Gasteiger charge is 2.46. The molecule has 0 aliphatic rings. The van der Waals surface area contributed by atoms with E-state index in [1.54, 1.807) is 6.08 Å². The molecule has 0 bridgehead atoms. The maximum Gasteiger partial charge on any atom is 0.750 e. The fourth-order valence-electron chi connectivity index (χ4n) is 1.77. The van der Waals surface area contributed by atoms with Gasteiger partial charge in [-0.1, -0.05) is 33.1 Å². The summed E-state index contributed by atoms with van der Waals surface area (Å²) >= 11 is 0. The van der Waals surface area contributed by atoms with E-state index in [4.69, 9.17) is 22.4 Å². The zero-order valence-electron chi connectivity index (χ0n) is 13.7. The molecule has 0 amide bonds. The normalized spacial score (nSPS) is 14.2. The average molecular weight is 306 g/mol. The lowest BCUT2D eigenvalue weighted by Gasteiger charge is -2.25. The first kappa shape index (κ1) is 19.4. The van der Waals surface area contributed by atoms with Gasteiger partial charge in [-0.3, -0.25) is 0 Å². The van der Waals surface area contributed by atoms with Gasteiger partial charge < -0.3 is 22.4 Å². The maximum atomic E-state index is 5.74. The number of unbranched alkanes of at least 4 members (excludes halogenated alkanes) is 1. The molecule has 0 saturated carbocycles. The van der Waals surface area contributed by atoms with Crippen LogP contribution in [0, 0.1) is 5.92 Å². The van der Waals surface area contributed by atoms with Gasteiger partial charge >= 0.3 is 9.05 Å². The van der Waals surface area contributed by atoms with Crippen molar-refractivity contribution in [2.45, 2.75) is 46.5 Å². The summed E-state index contributed by atoms with van der Waals surface area (Å²) in [4.78, 5) is 0. The number of ether oxygens (including phenoxy) is 1. The van der Waals surface area contributed by atoms with Gasteiger partial charge in [-0.15, -0.1) is 0 Å². The van der Waals surface area contributed by atoms with Crippen LogP contribution in [0.25, 0.3) is 0 Å². The molecule has 20 heavy (non-hydrogen) atoms. The van der Waals surface area contributed by atoms with Crippen molar-refractivity contribution in [2.24, 2.45) is 5.92 Å². The van der Waals surface area contributed by atoms with E-state index in [9.17, 15) is 0 Å². The number of hydrogen-bond donors (Lipinski definition) is 0. The molecule has 0 spiro atoms. The van der Waals surface area contributed by atoms with Crippen molar-refractivity contribution < 1.29 is 22.4 Å². The quantitative estimate of drug-likeness (QED) is 0.408. The molecule has 0 radical (unpaired) electrons. The van der Waals surface area contributed by atoms with Crippen molar-refractivity contribution in [3.8, 4) is 0 Å². The Bertz CT molecular complexity index is 258. The van der Waals surface area contributed by atoms with E-state index in [0.717, 1.165) is 6.42 Å². The first-order chi connectivity index (χ1) is 9.61. The summed E-state index contributed by atoms with van der Waals surface area (Å²) in [6.45, 7) is 6.86. The fourth-order valence-corrected chi connectivity index (χ4v) is 2.94. The molecular formula is C14H30O5Si. The van der Waals surface area contributed by atoms with Crippen molar-refractivity contribution >= 4 is 9.05 Å². The zero-order valence-corrected chi connectivity index (χ0v) is 14.7. The van der Waals surface area contributed by atoms with Crippen LogP contribution >= 0.6 is 0 Å². The second-order valence-electron chi connectivity index (χ2n) is 4.55. The molecule has 0 saturated heterocycles. The minimum Gasteiger partial charge on any atom is -0.466 e. The van der Waals surface area contributed by atoms with E-state index < -0.39 is 9.05 Å². The van der Waals surface area contributed by atoms with Crippen LogP contribution in [0.15, 0.2) is 12.0 Å². The maximum absolute atomic E-state index is 5.74. The number of hydrogen-bond acceptors (Lipinski definition) is 5. The Morgan fingerprint density at radius 3 is 2.10 bits per heavy atom. The van der Waals surface area contributed by atoms with Crippen LogP contribution in [0.5, 0.6) is 0 Å². The van der Waals surface area contributed by atoms with E-state index in [1.807, 2.05) is 6.92 Å². The fraction of sp³-hybridized carbons (Fsp3) is 0.857. The highest BCUT2D eigenvalue weighted by molar-refractivity contribution is 6.53. The molecule has 1 atom stereocenters. The van der Waals surface area contributed by atoms with Crippen molar-refractivity contribution in [3.63, 3.8) is 0 Å². The van der Waals surface area contributed by atoms with Crippen molar-refractivity contribution in [1.82, 2.24) is 0 Å². The lowest BCUT2D eigenvalue weighted by molar-refractivity contribution is -0.0245. The van der Waals surface area contributed by atoms with E-state index >= 15 is 0 Å². The second-order valence-corrected chi connectivity index (χ2v) is 6.98. The summed E-state index contributed by atoms with van der Waals surface area (Å²) in [5.41, 5.74) is 0. The van der Waals surface area contributed by atoms with E-state index in [-0.39, 0.29) is 0 Å². The summed E-state index contributed by atoms with van der Waals surface area (Å²) < 4.78 is 27.0. The molecule has 6 heteroatoms. The molecule has 0 aromatic rings. The van der Waals surface area contributed by atoms with Gasteiger partial charge in [0.15, 0.2) is 0 Å². The molecule has 0 aliphatic carbocycles. The smallest absolute Gasteiger partial charge is 0.466 e. The van der Waals surface area contributed by atoms with Gasteiger partial charge in [0, 0.05) is 21.3 Å². The summed E-state index contributed by atoms with van der Waals surface area (Å²) in [5, 5.41) is 0. The number of rotatable bonds is 12. The Hall–Kier alpha value is -0.563. The minimum atomic E-state index is -3.10. The SMILES string of the molecule is CC=C(OCC(CC)CCCC)O[Si](OC)(OC)OC. The molecule has 5 nitrogen and oxygen atoms in total. The monoisotopic (exact) mass is 306 g/mol. The molecule has 1 unspecified atom stereocenters. The van der Waals surface area contributed by atoms with Gasteiger partial charge in [-0.2, -0.15) is 0 Å². The van der Waals surface area contributed by atoms with Crippen LogP contribution in [0.2, 0.25) is 0 Å². The summed E-state index contributed by atoms with van der Waals surface area (Å²) in [6.07, 6.45) is 6.45. The first-order valence-corrected chi connectivity index (χ1v) is 8.88. The van der Waals surface area contributed by atoms with E-state index in [1.165, 1.54) is 40.6 Å². The topological polar surface area (TPSA) is 46.2 Å². The van der Waals surface area contributed by atoms with Crippen molar-refractivity contribution in [2.75, 3.05) is 27.9 Å². The summed E-state index contributed by atoms with van der Waals surface area (Å²) in [7, 11) is 1.41. The van der Waals surface area contributed by atoms with Gasteiger partial charge in [-0.05, 0) is 25.3 Å². The van der Waals surface area contributed by atoms with E-state index in [2.05, 4.69) is 13.8 Å². The minimum absolute atomic E-state index is 0.400. The average Bonchev–Trinajstić information content (AvgIpc) is 2.51. The summed E-state index contributed by atoms with van der Waals surface area (Å²) in [6, 6.07) is 0. The van der Waals surface area contributed by atoms with E-state index in [0.29, 0.717) is 18.5 Å². The third-order valence-electron chi connectivity index (χ3n) is 3.22. The van der Waals surface area contributed by atoms with Gasteiger partial charge in [0.1, 0.15) is 0 Å². The van der Waals surface area contributed by atoms with Crippen LogP contribution in [0.1, 0.15) is 46.5 Å². The Balaban J connectivity index is 4.41. The van der Waals surface area contributed by atoms with Crippen LogP contribution < -0.4 is 0 Å². The van der Waals surface area contributed by atoms with Gasteiger partial charge in [0.25, 0.3) is 5.95 Å². The highest BCUT2D eigenvalue weighted by Crippen LogP contribution is 2.18. The van der Waals surface area contributed by atoms with Crippen molar-refractivity contribution in [3.05, 3.63) is 12.0 Å². The van der Waals surface area contributed by atoms with Crippen LogP contribution in [-0.2, 0) is 22.4 Å². The largest absolute Gasteiger partial charge is 0.750 e. The predicted molar refractivity (Wildman–Crippen MR) is 80.9 cm³/mol. The van der Waals surface area contributed by atoms with Crippen LogP contribution in [0.3, 0.4) is 0 Å². The lowest BCUT2D eigenvalue weighted by Crippen LogP contribution is -2.46. The Labute approximate surface area is 124 Å².